The summed E-state index contributed by atoms with van der Waals surface area (Å²) in [6.45, 7) is 0.258. The van der Waals surface area contributed by atoms with E-state index >= 15 is 0 Å². The Balaban J connectivity index is 1.88. The summed E-state index contributed by atoms with van der Waals surface area (Å²) in [6.07, 6.45) is 1.64. The lowest BCUT2D eigenvalue weighted by Gasteiger charge is -2.10. The molecular weight excluding hydrogens is 291 g/mol. The Morgan fingerprint density at radius 3 is 2.95 bits per heavy atom. The summed E-state index contributed by atoms with van der Waals surface area (Å²) in [4.78, 5) is 8.19. The summed E-state index contributed by atoms with van der Waals surface area (Å²) in [5, 5.41) is 4.20. The van der Waals surface area contributed by atoms with E-state index in [9.17, 15) is 4.39 Å². The van der Waals surface area contributed by atoms with Crippen LogP contribution in [0.5, 0.6) is 0 Å². The molecule has 0 radical (unpaired) electrons. The molecule has 6 heteroatoms. The Hall–Kier alpha value is -2.40. The van der Waals surface area contributed by atoms with E-state index in [0.717, 1.165) is 5.39 Å². The zero-order valence-electron chi connectivity index (χ0n) is 11.0. The molecule has 0 bridgehead atoms. The number of nitrogens with one attached hydrogen (secondary N) is 1. The molecule has 0 amide bonds. The molecule has 2 heterocycles. The predicted molar refractivity (Wildman–Crippen MR) is 82.7 cm³/mol. The quantitative estimate of drug-likeness (QED) is 0.725. The lowest BCUT2D eigenvalue weighted by Crippen LogP contribution is -2.06. The van der Waals surface area contributed by atoms with Crippen molar-refractivity contribution in [2.45, 2.75) is 6.54 Å². The van der Waals surface area contributed by atoms with Crippen molar-refractivity contribution in [3.05, 3.63) is 59.1 Å². The summed E-state index contributed by atoms with van der Waals surface area (Å²) in [6, 6.07) is 10.1. The van der Waals surface area contributed by atoms with Gasteiger partial charge in [-0.05, 0) is 24.3 Å². The molecule has 21 heavy (non-hydrogen) atoms. The number of rotatable bonds is 3. The van der Waals surface area contributed by atoms with Crippen LogP contribution in [0.3, 0.4) is 0 Å². The maximum atomic E-state index is 14.0. The van der Waals surface area contributed by atoms with Gasteiger partial charge >= 0.3 is 0 Å². The Morgan fingerprint density at radius 2 is 2.10 bits per heavy atom. The second-order valence-corrected chi connectivity index (χ2v) is 4.95. The van der Waals surface area contributed by atoms with E-state index in [2.05, 4.69) is 15.3 Å². The van der Waals surface area contributed by atoms with Crippen LogP contribution in [0.15, 0.2) is 42.6 Å². The Kier molecular flexibility index (Phi) is 3.58. The zero-order valence-corrected chi connectivity index (χ0v) is 11.7. The van der Waals surface area contributed by atoms with Crippen molar-refractivity contribution in [1.82, 2.24) is 9.97 Å². The first-order chi connectivity index (χ1) is 10.1. The van der Waals surface area contributed by atoms with E-state index in [1.807, 2.05) is 12.1 Å². The van der Waals surface area contributed by atoms with Crippen LogP contribution in [-0.4, -0.2) is 9.97 Å². The van der Waals surface area contributed by atoms with Gasteiger partial charge in [0.05, 0.1) is 11.2 Å². The van der Waals surface area contributed by atoms with E-state index in [1.54, 1.807) is 24.4 Å². The highest BCUT2D eigenvalue weighted by Crippen LogP contribution is 2.21. The number of hydrogen-bond acceptors (Lipinski definition) is 4. The van der Waals surface area contributed by atoms with E-state index < -0.39 is 0 Å². The lowest BCUT2D eigenvalue weighted by molar-refractivity contribution is 0.614. The van der Waals surface area contributed by atoms with Gasteiger partial charge in [0.2, 0.25) is 0 Å². The minimum atomic E-state index is -0.325. The number of aromatic nitrogens is 2. The first-order valence-corrected chi connectivity index (χ1v) is 6.70. The molecule has 2 aromatic heterocycles. The van der Waals surface area contributed by atoms with Crippen LogP contribution in [0.25, 0.3) is 10.9 Å². The number of nitrogen functional groups attached to an aromatic ring is 1. The summed E-state index contributed by atoms with van der Waals surface area (Å²) in [5.74, 6) is 0.113. The highest BCUT2D eigenvalue weighted by molar-refractivity contribution is 6.29. The molecule has 3 aromatic rings. The Morgan fingerprint density at radius 1 is 1.24 bits per heavy atom. The summed E-state index contributed by atoms with van der Waals surface area (Å²) < 4.78 is 14.0. The monoisotopic (exact) mass is 302 g/mol. The van der Waals surface area contributed by atoms with Crippen molar-refractivity contribution in [3.63, 3.8) is 0 Å². The molecule has 0 saturated carbocycles. The third-order valence-electron chi connectivity index (χ3n) is 3.11. The molecule has 3 rings (SSSR count). The van der Waals surface area contributed by atoms with Gasteiger partial charge in [-0.2, -0.15) is 0 Å². The average molecular weight is 303 g/mol. The van der Waals surface area contributed by atoms with Crippen LogP contribution in [0.2, 0.25) is 5.15 Å². The van der Waals surface area contributed by atoms with E-state index in [-0.39, 0.29) is 12.4 Å². The fourth-order valence-electron chi connectivity index (χ4n) is 2.04. The van der Waals surface area contributed by atoms with Crippen molar-refractivity contribution < 1.29 is 4.39 Å². The van der Waals surface area contributed by atoms with Gasteiger partial charge in [-0.1, -0.05) is 17.7 Å². The average Bonchev–Trinajstić information content (AvgIpc) is 2.48. The molecule has 0 fully saturated rings. The van der Waals surface area contributed by atoms with Crippen molar-refractivity contribution in [2.75, 3.05) is 11.1 Å². The number of halogens is 2. The Bertz CT molecular complexity index is 807. The van der Waals surface area contributed by atoms with Gasteiger partial charge in [0, 0.05) is 29.8 Å². The van der Waals surface area contributed by atoms with Crippen LogP contribution in [0.4, 0.5) is 15.9 Å². The van der Waals surface area contributed by atoms with Gasteiger partial charge in [-0.15, -0.1) is 0 Å². The SMILES string of the molecule is Nc1ccc(Cl)nc1NCc1cc2cccnc2cc1F. The summed E-state index contributed by atoms with van der Waals surface area (Å²) >= 11 is 5.82. The van der Waals surface area contributed by atoms with Gasteiger partial charge in [0.1, 0.15) is 11.0 Å². The number of nitrogens with zero attached hydrogens (tertiary/aromatic N) is 2. The lowest BCUT2D eigenvalue weighted by atomic mass is 10.1. The van der Waals surface area contributed by atoms with Gasteiger partial charge < -0.3 is 11.1 Å². The maximum absolute atomic E-state index is 14.0. The van der Waals surface area contributed by atoms with Crippen LogP contribution < -0.4 is 11.1 Å². The number of hydrogen-bond donors (Lipinski definition) is 2. The number of nitrogens with two attached hydrogens (primary N) is 1. The fourth-order valence-corrected chi connectivity index (χ4v) is 2.19. The minimum absolute atomic E-state index is 0.258. The van der Waals surface area contributed by atoms with Gasteiger partial charge in [0.25, 0.3) is 0 Å². The first kappa shape index (κ1) is 13.6. The van der Waals surface area contributed by atoms with Crippen LogP contribution >= 0.6 is 11.6 Å². The van der Waals surface area contributed by atoms with Crippen LogP contribution in [-0.2, 0) is 6.54 Å². The number of fused-ring (bicyclic) bond motifs is 1. The molecular formula is C15H12ClFN4. The fraction of sp³-hybridized carbons (Fsp3) is 0.0667. The number of pyridine rings is 2. The van der Waals surface area contributed by atoms with Crippen LogP contribution in [0.1, 0.15) is 5.56 Å². The molecule has 1 aromatic carbocycles. The number of anilines is 2. The van der Waals surface area contributed by atoms with Crippen molar-refractivity contribution in [1.29, 1.82) is 0 Å². The third kappa shape index (κ3) is 2.87. The maximum Gasteiger partial charge on any atom is 0.151 e. The molecule has 0 aliphatic carbocycles. The van der Waals surface area contributed by atoms with Crippen LogP contribution in [0, 0.1) is 5.82 Å². The standard InChI is InChI=1S/C15H12ClFN4/c16-14-4-3-12(18)15(21-14)20-8-10-6-9-2-1-5-19-13(9)7-11(10)17/h1-7H,8,18H2,(H,20,21). The molecule has 0 aliphatic rings. The highest BCUT2D eigenvalue weighted by atomic mass is 35.5. The second kappa shape index (κ2) is 5.54. The molecule has 0 saturated heterocycles. The molecule has 0 atom stereocenters. The number of benzene rings is 1. The first-order valence-electron chi connectivity index (χ1n) is 6.32. The van der Waals surface area contributed by atoms with Crippen molar-refractivity contribution in [3.8, 4) is 0 Å². The topological polar surface area (TPSA) is 63.8 Å². The molecule has 106 valence electrons. The minimum Gasteiger partial charge on any atom is -0.396 e. The predicted octanol–water partition coefficient (Wildman–Crippen LogP) is 3.62. The van der Waals surface area contributed by atoms with Crippen molar-refractivity contribution >= 4 is 34.0 Å². The molecule has 0 unspecified atom stereocenters. The largest absolute Gasteiger partial charge is 0.396 e. The van der Waals surface area contributed by atoms with Crippen molar-refractivity contribution in [2.24, 2.45) is 0 Å². The highest BCUT2D eigenvalue weighted by Gasteiger charge is 2.07. The smallest absolute Gasteiger partial charge is 0.151 e. The zero-order chi connectivity index (χ0) is 14.8. The van der Waals surface area contributed by atoms with E-state index in [4.69, 9.17) is 17.3 Å². The molecule has 3 N–H and O–H groups in total. The second-order valence-electron chi connectivity index (χ2n) is 4.57. The molecule has 0 spiro atoms. The molecule has 0 aliphatic heterocycles. The Labute approximate surface area is 125 Å². The molecule has 4 nitrogen and oxygen atoms in total. The summed E-state index contributed by atoms with van der Waals surface area (Å²) in [7, 11) is 0. The van der Waals surface area contributed by atoms with Gasteiger partial charge in [0.15, 0.2) is 5.82 Å². The normalized spacial score (nSPS) is 10.8. The van der Waals surface area contributed by atoms with Gasteiger partial charge in [-0.25, -0.2) is 9.37 Å². The summed E-state index contributed by atoms with van der Waals surface area (Å²) in [5.41, 5.74) is 7.39. The van der Waals surface area contributed by atoms with E-state index in [1.165, 1.54) is 6.07 Å². The third-order valence-corrected chi connectivity index (χ3v) is 3.32. The van der Waals surface area contributed by atoms with Gasteiger partial charge in [-0.3, -0.25) is 4.98 Å². The van der Waals surface area contributed by atoms with E-state index in [0.29, 0.717) is 27.7 Å².